The van der Waals surface area contributed by atoms with E-state index in [1.165, 1.54) is 30.0 Å². The summed E-state index contributed by atoms with van der Waals surface area (Å²) in [6.45, 7) is 5.20. The van der Waals surface area contributed by atoms with E-state index >= 15 is 0 Å². The fraction of sp³-hybridized carbons (Fsp3) is 0.217. The molecule has 3 aromatic rings. The lowest BCUT2D eigenvalue weighted by molar-refractivity contribution is 0.0694. The van der Waals surface area contributed by atoms with E-state index in [0.717, 1.165) is 0 Å². The SMILES string of the molecule is C=C(C)[C@@H](CO)n1cc(C(=O)O)c(=O)c2cc(Cc3cccc(Cl)c3F)c(OC)cc21. The number of hydrogen-bond donors (Lipinski definition) is 2. The van der Waals surface area contributed by atoms with E-state index in [-0.39, 0.29) is 23.4 Å². The molecular weight excluding hydrogens is 425 g/mol. The van der Waals surface area contributed by atoms with Crippen molar-refractivity contribution in [3.8, 4) is 5.75 Å². The highest BCUT2D eigenvalue weighted by Gasteiger charge is 2.22. The second-order valence-corrected chi connectivity index (χ2v) is 7.61. The summed E-state index contributed by atoms with van der Waals surface area (Å²) in [4.78, 5) is 24.6. The Morgan fingerprint density at radius 1 is 1.32 bits per heavy atom. The van der Waals surface area contributed by atoms with Crippen LogP contribution in [0, 0.1) is 5.82 Å². The second kappa shape index (κ2) is 8.91. The Hall–Kier alpha value is -3.16. The molecule has 162 valence electrons. The van der Waals surface area contributed by atoms with Crippen LogP contribution >= 0.6 is 11.6 Å². The van der Waals surface area contributed by atoms with Gasteiger partial charge in [-0.25, -0.2) is 9.18 Å². The maximum absolute atomic E-state index is 14.4. The first-order valence-electron chi connectivity index (χ1n) is 9.37. The van der Waals surface area contributed by atoms with E-state index in [4.69, 9.17) is 16.3 Å². The standard InChI is InChI=1S/C23H21ClFNO5/c1-12(2)19(11-27)26-10-16(23(29)30)22(28)15-8-14(20(31-3)9-18(15)26)7-13-5-4-6-17(24)21(13)25/h4-6,8-10,19,27H,1,7,11H2,2-3H3,(H,29,30)/t19-/m1/s1. The van der Waals surface area contributed by atoms with Gasteiger partial charge in [-0.3, -0.25) is 4.79 Å². The van der Waals surface area contributed by atoms with E-state index in [0.29, 0.717) is 28.0 Å². The van der Waals surface area contributed by atoms with Crippen molar-refractivity contribution in [1.82, 2.24) is 4.57 Å². The number of halogens is 2. The normalized spacial score (nSPS) is 12.0. The lowest BCUT2D eigenvalue weighted by atomic mass is 9.99. The predicted octanol–water partition coefficient (Wildman–Crippen LogP) is 4.20. The summed E-state index contributed by atoms with van der Waals surface area (Å²) < 4.78 is 21.4. The molecule has 0 aliphatic carbocycles. The van der Waals surface area contributed by atoms with Crippen molar-refractivity contribution < 1.29 is 24.1 Å². The monoisotopic (exact) mass is 445 g/mol. The molecule has 0 saturated heterocycles. The van der Waals surface area contributed by atoms with Crippen LogP contribution in [0.2, 0.25) is 5.02 Å². The summed E-state index contributed by atoms with van der Waals surface area (Å²) in [7, 11) is 1.44. The van der Waals surface area contributed by atoms with Gasteiger partial charge in [-0.15, -0.1) is 0 Å². The molecule has 0 amide bonds. The maximum atomic E-state index is 14.4. The number of carboxylic acid groups (broad SMARTS) is 1. The van der Waals surface area contributed by atoms with Gasteiger partial charge < -0.3 is 19.5 Å². The number of hydrogen-bond acceptors (Lipinski definition) is 4. The Morgan fingerprint density at radius 2 is 2.03 bits per heavy atom. The van der Waals surface area contributed by atoms with Crippen LogP contribution in [0.25, 0.3) is 10.9 Å². The number of carbonyl (C=O) groups is 1. The van der Waals surface area contributed by atoms with E-state index < -0.39 is 28.8 Å². The van der Waals surface area contributed by atoms with Crippen molar-refractivity contribution in [1.29, 1.82) is 0 Å². The van der Waals surface area contributed by atoms with Crippen molar-refractivity contribution in [2.75, 3.05) is 13.7 Å². The Bertz CT molecular complexity index is 1250. The second-order valence-electron chi connectivity index (χ2n) is 7.20. The Balaban J connectivity index is 2.33. The number of fused-ring (bicyclic) bond motifs is 1. The minimum Gasteiger partial charge on any atom is -0.496 e. The highest BCUT2D eigenvalue weighted by Crippen LogP contribution is 2.31. The van der Waals surface area contributed by atoms with E-state index in [1.807, 2.05) is 0 Å². The number of ether oxygens (including phenoxy) is 1. The zero-order valence-electron chi connectivity index (χ0n) is 17.0. The molecule has 0 saturated carbocycles. The minimum atomic E-state index is -1.39. The van der Waals surface area contributed by atoms with E-state index in [9.17, 15) is 24.2 Å². The van der Waals surface area contributed by atoms with Crippen LogP contribution in [0.4, 0.5) is 4.39 Å². The van der Waals surface area contributed by atoms with Gasteiger partial charge in [-0.1, -0.05) is 35.9 Å². The molecule has 2 aromatic carbocycles. The lowest BCUT2D eigenvalue weighted by Gasteiger charge is -2.23. The average molecular weight is 446 g/mol. The van der Waals surface area contributed by atoms with Crippen LogP contribution in [0.3, 0.4) is 0 Å². The zero-order valence-corrected chi connectivity index (χ0v) is 17.7. The van der Waals surface area contributed by atoms with Gasteiger partial charge in [-0.05, 0) is 30.2 Å². The summed E-state index contributed by atoms with van der Waals surface area (Å²) in [5, 5.41) is 19.5. The van der Waals surface area contributed by atoms with Gasteiger partial charge in [0.1, 0.15) is 17.1 Å². The molecule has 0 bridgehead atoms. The summed E-state index contributed by atoms with van der Waals surface area (Å²) in [6, 6.07) is 7.03. The highest BCUT2D eigenvalue weighted by molar-refractivity contribution is 6.30. The molecule has 1 atom stereocenters. The number of pyridine rings is 1. The molecule has 0 radical (unpaired) electrons. The highest BCUT2D eigenvalue weighted by atomic mass is 35.5. The average Bonchev–Trinajstić information content (AvgIpc) is 2.72. The van der Waals surface area contributed by atoms with Crippen LogP contribution in [0.15, 0.2) is 53.5 Å². The third-order valence-electron chi connectivity index (χ3n) is 5.15. The number of nitrogens with zero attached hydrogens (tertiary/aromatic N) is 1. The third-order valence-corrected chi connectivity index (χ3v) is 5.45. The summed E-state index contributed by atoms with van der Waals surface area (Å²) in [5.41, 5.74) is 0.593. The van der Waals surface area contributed by atoms with Gasteiger partial charge in [0.25, 0.3) is 0 Å². The topological polar surface area (TPSA) is 88.8 Å². The molecule has 1 aromatic heterocycles. The van der Waals surface area contributed by atoms with Crippen molar-refractivity contribution in [2.24, 2.45) is 0 Å². The van der Waals surface area contributed by atoms with Gasteiger partial charge in [-0.2, -0.15) is 0 Å². The number of aromatic nitrogens is 1. The predicted molar refractivity (Wildman–Crippen MR) is 117 cm³/mol. The molecule has 8 heteroatoms. The quantitative estimate of drug-likeness (QED) is 0.532. The number of methoxy groups -OCH3 is 1. The van der Waals surface area contributed by atoms with Crippen LogP contribution < -0.4 is 10.2 Å². The minimum absolute atomic E-state index is 0.0278. The lowest BCUT2D eigenvalue weighted by Crippen LogP contribution is -2.23. The zero-order chi connectivity index (χ0) is 22.9. The fourth-order valence-corrected chi connectivity index (χ4v) is 3.73. The molecule has 31 heavy (non-hydrogen) atoms. The first-order chi connectivity index (χ1) is 14.7. The van der Waals surface area contributed by atoms with Gasteiger partial charge in [0.05, 0.1) is 30.3 Å². The maximum Gasteiger partial charge on any atom is 0.341 e. The molecule has 0 fully saturated rings. The Morgan fingerprint density at radius 3 is 2.61 bits per heavy atom. The number of benzene rings is 2. The van der Waals surface area contributed by atoms with Crippen molar-refractivity contribution >= 4 is 28.5 Å². The number of rotatable bonds is 7. The van der Waals surface area contributed by atoms with Crippen LogP contribution in [-0.2, 0) is 6.42 Å². The molecule has 6 nitrogen and oxygen atoms in total. The van der Waals surface area contributed by atoms with Crippen molar-refractivity contribution in [3.05, 3.63) is 86.4 Å². The first-order valence-corrected chi connectivity index (χ1v) is 9.75. The molecule has 0 aliphatic heterocycles. The first kappa shape index (κ1) is 22.5. The summed E-state index contributed by atoms with van der Waals surface area (Å²) >= 11 is 5.87. The van der Waals surface area contributed by atoms with Gasteiger partial charge >= 0.3 is 5.97 Å². The van der Waals surface area contributed by atoms with E-state index in [2.05, 4.69) is 6.58 Å². The summed E-state index contributed by atoms with van der Waals surface area (Å²) in [6.07, 6.45) is 1.27. The molecule has 3 rings (SSSR count). The third kappa shape index (κ3) is 4.19. The van der Waals surface area contributed by atoms with Crippen LogP contribution in [-0.4, -0.2) is 34.5 Å². The largest absolute Gasteiger partial charge is 0.496 e. The van der Waals surface area contributed by atoms with Crippen molar-refractivity contribution in [3.63, 3.8) is 0 Å². The molecular formula is C23H21ClFNO5. The van der Waals surface area contributed by atoms with Gasteiger partial charge in [0, 0.05) is 24.1 Å². The number of aliphatic hydroxyl groups excluding tert-OH is 1. The number of aromatic carboxylic acids is 1. The Labute approximate surface area is 182 Å². The van der Waals surface area contributed by atoms with Gasteiger partial charge in [0.2, 0.25) is 5.43 Å². The van der Waals surface area contributed by atoms with E-state index in [1.54, 1.807) is 25.1 Å². The molecule has 0 unspecified atom stereocenters. The fourth-order valence-electron chi connectivity index (χ4n) is 3.53. The number of aliphatic hydroxyl groups is 1. The molecule has 2 N–H and O–H groups in total. The molecule has 0 aliphatic rings. The van der Waals surface area contributed by atoms with Crippen LogP contribution in [0.5, 0.6) is 5.75 Å². The molecule has 0 spiro atoms. The number of carboxylic acids is 1. The smallest absolute Gasteiger partial charge is 0.341 e. The summed E-state index contributed by atoms with van der Waals surface area (Å²) in [5.74, 6) is -1.59. The van der Waals surface area contributed by atoms with Gasteiger partial charge in [0.15, 0.2) is 0 Å². The van der Waals surface area contributed by atoms with Crippen molar-refractivity contribution in [2.45, 2.75) is 19.4 Å². The van der Waals surface area contributed by atoms with Crippen LogP contribution in [0.1, 0.15) is 34.5 Å². The molecule has 1 heterocycles. The Kier molecular flexibility index (Phi) is 6.48.